The van der Waals surface area contributed by atoms with Gasteiger partial charge in [0, 0.05) is 43.4 Å². The first-order chi connectivity index (χ1) is 15.0. The third kappa shape index (κ3) is 5.56. The second-order valence-electron chi connectivity index (χ2n) is 8.18. The summed E-state index contributed by atoms with van der Waals surface area (Å²) < 4.78 is 37.9. The first-order valence-electron chi connectivity index (χ1n) is 11.0. The van der Waals surface area contributed by atoms with Gasteiger partial charge >= 0.3 is 6.18 Å². The molecule has 0 unspecified atom stereocenters. The molecule has 0 radical (unpaired) electrons. The molecule has 0 spiro atoms. The Bertz CT molecular complexity index is 972. The van der Waals surface area contributed by atoms with Crippen molar-refractivity contribution in [3.8, 4) is 0 Å². The van der Waals surface area contributed by atoms with Crippen LogP contribution in [0, 0.1) is 0 Å². The molecule has 0 aliphatic carbocycles. The van der Waals surface area contributed by atoms with Gasteiger partial charge in [0.05, 0.1) is 11.1 Å². The van der Waals surface area contributed by atoms with Crippen LogP contribution in [0.25, 0.3) is 10.9 Å². The third-order valence-electron chi connectivity index (χ3n) is 6.06. The molecule has 1 fully saturated rings. The number of rotatable bonds is 7. The lowest BCUT2D eigenvalue weighted by Crippen LogP contribution is -2.46. The SMILES string of the molecule is FC(F)(F)c1ccc(CCCCCN2CCN(c3cccc4ncccc34)CC2)cc1. The highest BCUT2D eigenvalue weighted by molar-refractivity contribution is 5.91. The van der Waals surface area contributed by atoms with E-state index in [1.165, 1.54) is 23.2 Å². The van der Waals surface area contributed by atoms with Crippen LogP contribution in [-0.2, 0) is 12.6 Å². The number of benzene rings is 2. The van der Waals surface area contributed by atoms with Crippen molar-refractivity contribution in [2.75, 3.05) is 37.6 Å². The molecule has 1 saturated heterocycles. The zero-order chi connectivity index (χ0) is 21.7. The van der Waals surface area contributed by atoms with Gasteiger partial charge in [0.1, 0.15) is 0 Å². The Hall–Kier alpha value is -2.60. The van der Waals surface area contributed by atoms with Crippen LogP contribution >= 0.6 is 0 Å². The summed E-state index contributed by atoms with van der Waals surface area (Å²) in [5, 5.41) is 1.21. The topological polar surface area (TPSA) is 19.4 Å². The van der Waals surface area contributed by atoms with Crippen molar-refractivity contribution >= 4 is 16.6 Å². The number of hydrogen-bond donors (Lipinski definition) is 0. The average Bonchev–Trinajstić information content (AvgIpc) is 2.79. The molecule has 1 aliphatic rings. The van der Waals surface area contributed by atoms with Gasteiger partial charge in [0.25, 0.3) is 0 Å². The van der Waals surface area contributed by atoms with Crippen LogP contribution < -0.4 is 4.90 Å². The fourth-order valence-electron chi connectivity index (χ4n) is 4.28. The molecule has 164 valence electrons. The monoisotopic (exact) mass is 427 g/mol. The summed E-state index contributed by atoms with van der Waals surface area (Å²) in [5.41, 5.74) is 2.71. The quantitative estimate of drug-likeness (QED) is 0.445. The van der Waals surface area contributed by atoms with Crippen LogP contribution in [0.4, 0.5) is 18.9 Å². The van der Waals surface area contributed by atoms with E-state index in [2.05, 4.69) is 39.0 Å². The van der Waals surface area contributed by atoms with Crippen molar-refractivity contribution in [3.63, 3.8) is 0 Å². The zero-order valence-electron chi connectivity index (χ0n) is 17.6. The maximum absolute atomic E-state index is 12.6. The first kappa shape index (κ1) is 21.6. The van der Waals surface area contributed by atoms with Crippen molar-refractivity contribution in [1.29, 1.82) is 0 Å². The predicted molar refractivity (Wildman–Crippen MR) is 119 cm³/mol. The van der Waals surface area contributed by atoms with Gasteiger partial charge in [-0.2, -0.15) is 13.2 Å². The molecule has 0 N–H and O–H groups in total. The average molecular weight is 428 g/mol. The number of piperazine rings is 1. The number of halogens is 3. The number of anilines is 1. The molecule has 2 aromatic carbocycles. The second-order valence-corrected chi connectivity index (χ2v) is 8.18. The van der Waals surface area contributed by atoms with Crippen molar-refractivity contribution in [2.45, 2.75) is 31.9 Å². The van der Waals surface area contributed by atoms with Gasteiger partial charge in [-0.25, -0.2) is 0 Å². The molecule has 0 saturated carbocycles. The highest BCUT2D eigenvalue weighted by Gasteiger charge is 2.29. The minimum atomic E-state index is -4.26. The lowest BCUT2D eigenvalue weighted by atomic mass is 10.0. The van der Waals surface area contributed by atoms with Gasteiger partial charge in [0.2, 0.25) is 0 Å². The van der Waals surface area contributed by atoms with Crippen molar-refractivity contribution in [3.05, 3.63) is 71.9 Å². The number of nitrogens with zero attached hydrogens (tertiary/aromatic N) is 3. The molecule has 0 atom stereocenters. The van der Waals surface area contributed by atoms with E-state index in [1.807, 2.05) is 12.3 Å². The van der Waals surface area contributed by atoms with E-state index in [0.29, 0.717) is 0 Å². The largest absolute Gasteiger partial charge is 0.416 e. The van der Waals surface area contributed by atoms with Crippen LogP contribution in [0.15, 0.2) is 60.8 Å². The highest BCUT2D eigenvalue weighted by atomic mass is 19.4. The van der Waals surface area contributed by atoms with Crippen LogP contribution in [0.5, 0.6) is 0 Å². The summed E-state index contributed by atoms with van der Waals surface area (Å²) >= 11 is 0. The van der Waals surface area contributed by atoms with E-state index in [9.17, 15) is 13.2 Å². The van der Waals surface area contributed by atoms with E-state index in [1.54, 1.807) is 12.1 Å². The van der Waals surface area contributed by atoms with Crippen molar-refractivity contribution < 1.29 is 13.2 Å². The maximum atomic E-state index is 12.6. The summed E-state index contributed by atoms with van der Waals surface area (Å²) in [7, 11) is 0. The Labute approximate surface area is 181 Å². The number of unbranched alkanes of at least 4 members (excludes halogenated alkanes) is 2. The van der Waals surface area contributed by atoms with E-state index in [4.69, 9.17) is 0 Å². The van der Waals surface area contributed by atoms with Crippen molar-refractivity contribution in [1.82, 2.24) is 9.88 Å². The molecule has 2 heterocycles. The molecule has 6 heteroatoms. The van der Waals surface area contributed by atoms with Crippen LogP contribution in [-0.4, -0.2) is 42.6 Å². The predicted octanol–water partition coefficient (Wildman–Crippen LogP) is 5.79. The molecule has 1 aromatic heterocycles. The summed E-state index contributed by atoms with van der Waals surface area (Å²) in [5.74, 6) is 0. The Morgan fingerprint density at radius 2 is 1.58 bits per heavy atom. The van der Waals surface area contributed by atoms with E-state index in [-0.39, 0.29) is 0 Å². The molecular weight excluding hydrogens is 399 g/mol. The molecule has 0 bridgehead atoms. The minimum absolute atomic E-state index is 0.574. The van der Waals surface area contributed by atoms with Gasteiger partial charge in [0.15, 0.2) is 0 Å². The van der Waals surface area contributed by atoms with Gasteiger partial charge in [-0.05, 0) is 67.8 Å². The molecule has 4 rings (SSSR count). The Kier molecular flexibility index (Phi) is 6.76. The van der Waals surface area contributed by atoms with Gasteiger partial charge < -0.3 is 4.90 Å². The summed E-state index contributed by atoms with van der Waals surface area (Å²) in [6.07, 6.45) is 1.64. The number of hydrogen-bond acceptors (Lipinski definition) is 3. The first-order valence-corrected chi connectivity index (χ1v) is 11.0. The number of alkyl halides is 3. The van der Waals surface area contributed by atoms with Crippen LogP contribution in [0.2, 0.25) is 0 Å². The van der Waals surface area contributed by atoms with Crippen LogP contribution in [0.1, 0.15) is 30.4 Å². The number of aryl methyl sites for hydroxylation is 1. The third-order valence-corrected chi connectivity index (χ3v) is 6.06. The Morgan fingerprint density at radius 1 is 0.806 bits per heavy atom. The Balaban J connectivity index is 1.17. The van der Waals surface area contributed by atoms with E-state index in [0.717, 1.165) is 69.5 Å². The lowest BCUT2D eigenvalue weighted by molar-refractivity contribution is -0.137. The highest BCUT2D eigenvalue weighted by Crippen LogP contribution is 2.29. The van der Waals surface area contributed by atoms with Gasteiger partial charge in [-0.1, -0.05) is 24.6 Å². The molecule has 3 aromatic rings. The fraction of sp³-hybridized carbons (Fsp3) is 0.400. The summed E-state index contributed by atoms with van der Waals surface area (Å²) in [6.45, 7) is 5.21. The minimum Gasteiger partial charge on any atom is -0.368 e. The summed E-state index contributed by atoms with van der Waals surface area (Å²) in [6, 6.07) is 16.0. The smallest absolute Gasteiger partial charge is 0.368 e. The van der Waals surface area contributed by atoms with Crippen LogP contribution in [0.3, 0.4) is 0 Å². The van der Waals surface area contributed by atoms with E-state index < -0.39 is 11.7 Å². The molecule has 0 amide bonds. The fourth-order valence-corrected chi connectivity index (χ4v) is 4.28. The molecule has 1 aliphatic heterocycles. The molecule has 3 nitrogen and oxygen atoms in total. The Morgan fingerprint density at radius 3 is 2.32 bits per heavy atom. The summed E-state index contributed by atoms with van der Waals surface area (Å²) in [4.78, 5) is 9.42. The maximum Gasteiger partial charge on any atom is 0.416 e. The standard InChI is InChI=1S/C25H28F3N3/c26-25(27,28)21-12-10-20(11-13-21)6-2-1-3-15-30-16-18-31(19-17-30)24-9-4-8-23-22(24)7-5-14-29-23/h4-5,7-14H,1-3,6,15-19H2. The van der Waals surface area contributed by atoms with Crippen molar-refractivity contribution in [2.24, 2.45) is 0 Å². The van der Waals surface area contributed by atoms with Gasteiger partial charge in [-0.3, -0.25) is 9.88 Å². The molecular formula is C25H28F3N3. The lowest BCUT2D eigenvalue weighted by Gasteiger charge is -2.36. The zero-order valence-corrected chi connectivity index (χ0v) is 17.6. The van der Waals surface area contributed by atoms with E-state index >= 15 is 0 Å². The second kappa shape index (κ2) is 9.69. The normalized spacial score (nSPS) is 15.5. The number of pyridine rings is 1. The number of fused-ring (bicyclic) bond motifs is 1. The number of aromatic nitrogens is 1. The van der Waals surface area contributed by atoms with Gasteiger partial charge in [-0.15, -0.1) is 0 Å². The molecule has 31 heavy (non-hydrogen) atoms.